The molecule has 0 saturated carbocycles. The second-order valence-corrected chi connectivity index (χ2v) is 7.68. The zero-order valence-corrected chi connectivity index (χ0v) is 17.5. The molecule has 0 amide bonds. The highest BCUT2D eigenvalue weighted by Gasteiger charge is 2.33. The number of nitrogens with zero attached hydrogens (tertiary/aromatic N) is 3. The van der Waals surface area contributed by atoms with Gasteiger partial charge in [-0.25, -0.2) is 4.68 Å². The molecule has 0 bridgehead atoms. The van der Waals surface area contributed by atoms with Crippen LogP contribution in [0.4, 0.5) is 13.2 Å². The second kappa shape index (κ2) is 10.4. The maximum Gasteiger partial charge on any atom is 0.416 e. The van der Waals surface area contributed by atoms with Crippen LogP contribution in [0.15, 0.2) is 54.7 Å². The lowest BCUT2D eigenvalue weighted by molar-refractivity contribution is -0.138. The number of aromatic nitrogens is 3. The summed E-state index contributed by atoms with van der Waals surface area (Å²) < 4.78 is 41.0. The first-order chi connectivity index (χ1) is 14.9. The summed E-state index contributed by atoms with van der Waals surface area (Å²) in [6.45, 7) is 2.18. The Morgan fingerprint density at radius 2 is 1.71 bits per heavy atom. The van der Waals surface area contributed by atoms with Crippen molar-refractivity contribution in [2.45, 2.75) is 58.0 Å². The summed E-state index contributed by atoms with van der Waals surface area (Å²) in [5, 5.41) is 8.36. The van der Waals surface area contributed by atoms with Crippen molar-refractivity contribution >= 4 is 5.78 Å². The van der Waals surface area contributed by atoms with Crippen molar-refractivity contribution in [3.05, 3.63) is 77.1 Å². The number of halogens is 3. The molecule has 3 aromatic rings. The third-order valence-corrected chi connectivity index (χ3v) is 5.14. The van der Waals surface area contributed by atoms with Crippen LogP contribution in [0.1, 0.15) is 55.0 Å². The molecule has 1 aromatic heterocycles. The van der Waals surface area contributed by atoms with E-state index in [-0.39, 0.29) is 24.2 Å². The van der Waals surface area contributed by atoms with Crippen molar-refractivity contribution in [3.8, 4) is 5.69 Å². The molecular weight excluding hydrogens is 403 g/mol. The molecule has 0 radical (unpaired) electrons. The van der Waals surface area contributed by atoms with E-state index in [0.717, 1.165) is 35.9 Å². The molecule has 0 spiro atoms. The quantitative estimate of drug-likeness (QED) is 0.385. The van der Waals surface area contributed by atoms with Crippen molar-refractivity contribution in [2.24, 2.45) is 0 Å². The third kappa shape index (κ3) is 6.51. The molecule has 0 N–H and O–H groups in total. The van der Waals surface area contributed by atoms with Gasteiger partial charge < -0.3 is 0 Å². The number of benzene rings is 2. The predicted molar refractivity (Wildman–Crippen MR) is 113 cm³/mol. The summed E-state index contributed by atoms with van der Waals surface area (Å²) in [5.41, 5.74) is 1.77. The topological polar surface area (TPSA) is 47.8 Å². The van der Waals surface area contributed by atoms with Gasteiger partial charge >= 0.3 is 6.18 Å². The van der Waals surface area contributed by atoms with Crippen molar-refractivity contribution < 1.29 is 18.0 Å². The molecular formula is C24H26F3N3O. The number of carbonyl (C=O) groups excluding carboxylic acids is 1. The summed E-state index contributed by atoms with van der Waals surface area (Å²) in [4.78, 5) is 12.4. The summed E-state index contributed by atoms with van der Waals surface area (Å²) in [6, 6.07) is 12.5. The van der Waals surface area contributed by atoms with Gasteiger partial charge in [-0.15, -0.1) is 5.10 Å². The van der Waals surface area contributed by atoms with Gasteiger partial charge in [-0.1, -0.05) is 61.7 Å². The van der Waals surface area contributed by atoms with E-state index in [1.54, 1.807) is 16.8 Å². The van der Waals surface area contributed by atoms with Crippen LogP contribution in [0.2, 0.25) is 0 Å². The molecule has 3 rings (SSSR count). The number of unbranched alkanes of at least 4 members (excludes halogenated alkanes) is 3. The third-order valence-electron chi connectivity index (χ3n) is 5.14. The van der Waals surface area contributed by atoms with E-state index in [9.17, 15) is 18.0 Å². The Balaban J connectivity index is 1.59. The molecule has 2 aromatic carbocycles. The standard InChI is InChI=1S/C24H26F3N3O/c1-2-3-4-5-9-20-17-30(29-28-20)21-13-11-18(12-14-21)15-22(31)16-19-8-6-7-10-23(19)24(25,26)27/h6-8,10-14,17H,2-5,9,15-16H2,1H3. The van der Waals surface area contributed by atoms with Gasteiger partial charge in [-0.05, 0) is 42.2 Å². The molecule has 7 heteroatoms. The maximum absolute atomic E-state index is 13.1. The van der Waals surface area contributed by atoms with Crippen LogP contribution in [-0.2, 0) is 30.2 Å². The molecule has 0 saturated heterocycles. The molecule has 0 aliphatic rings. The van der Waals surface area contributed by atoms with Gasteiger partial charge in [-0.2, -0.15) is 13.2 Å². The number of aryl methyl sites for hydroxylation is 1. The van der Waals surface area contributed by atoms with E-state index in [1.807, 2.05) is 18.3 Å². The van der Waals surface area contributed by atoms with Gasteiger partial charge in [0, 0.05) is 12.8 Å². The van der Waals surface area contributed by atoms with Crippen LogP contribution in [0.25, 0.3) is 5.69 Å². The van der Waals surface area contributed by atoms with Crippen LogP contribution in [0.3, 0.4) is 0 Å². The fourth-order valence-electron chi connectivity index (χ4n) is 3.49. The number of hydrogen-bond donors (Lipinski definition) is 0. The van der Waals surface area contributed by atoms with Gasteiger partial charge in [0.1, 0.15) is 5.78 Å². The van der Waals surface area contributed by atoms with Crippen LogP contribution >= 0.6 is 0 Å². The van der Waals surface area contributed by atoms with E-state index in [0.29, 0.717) is 0 Å². The highest BCUT2D eigenvalue weighted by Crippen LogP contribution is 2.32. The van der Waals surface area contributed by atoms with Crippen molar-refractivity contribution in [1.82, 2.24) is 15.0 Å². The summed E-state index contributed by atoms with van der Waals surface area (Å²) in [7, 11) is 0. The second-order valence-electron chi connectivity index (χ2n) is 7.68. The molecule has 0 aliphatic heterocycles. The number of carbonyl (C=O) groups is 1. The lowest BCUT2D eigenvalue weighted by Crippen LogP contribution is -2.13. The number of rotatable bonds is 10. The van der Waals surface area contributed by atoms with Gasteiger partial charge in [0.25, 0.3) is 0 Å². The molecule has 31 heavy (non-hydrogen) atoms. The van der Waals surface area contributed by atoms with Crippen LogP contribution in [-0.4, -0.2) is 20.8 Å². The first-order valence-electron chi connectivity index (χ1n) is 10.5. The summed E-state index contributed by atoms with van der Waals surface area (Å²) in [6.07, 6.45) is 2.84. The van der Waals surface area contributed by atoms with E-state index in [4.69, 9.17) is 0 Å². The van der Waals surface area contributed by atoms with Crippen LogP contribution in [0.5, 0.6) is 0 Å². The van der Waals surface area contributed by atoms with E-state index in [1.165, 1.54) is 37.5 Å². The van der Waals surface area contributed by atoms with Crippen molar-refractivity contribution in [3.63, 3.8) is 0 Å². The zero-order chi connectivity index (χ0) is 22.3. The number of ketones is 1. The van der Waals surface area contributed by atoms with Crippen LogP contribution < -0.4 is 0 Å². The minimum atomic E-state index is -4.47. The summed E-state index contributed by atoms with van der Waals surface area (Å²) in [5.74, 6) is -0.264. The van der Waals surface area contributed by atoms with E-state index < -0.39 is 11.7 Å². The van der Waals surface area contributed by atoms with Gasteiger partial charge in [0.2, 0.25) is 0 Å². The van der Waals surface area contributed by atoms with Crippen molar-refractivity contribution in [1.29, 1.82) is 0 Å². The average Bonchev–Trinajstić information content (AvgIpc) is 3.20. The molecule has 1 heterocycles. The fraction of sp³-hybridized carbons (Fsp3) is 0.375. The maximum atomic E-state index is 13.1. The Morgan fingerprint density at radius 1 is 0.968 bits per heavy atom. The Bertz CT molecular complexity index is 994. The minimum absolute atomic E-state index is 0.00528. The van der Waals surface area contributed by atoms with Gasteiger partial charge in [-0.3, -0.25) is 4.79 Å². The Hall–Kier alpha value is -2.96. The highest BCUT2D eigenvalue weighted by atomic mass is 19.4. The molecule has 164 valence electrons. The first-order valence-corrected chi connectivity index (χ1v) is 10.5. The molecule has 0 fully saturated rings. The van der Waals surface area contributed by atoms with E-state index in [2.05, 4.69) is 17.2 Å². The monoisotopic (exact) mass is 429 g/mol. The lowest BCUT2D eigenvalue weighted by Gasteiger charge is -2.12. The van der Waals surface area contributed by atoms with Gasteiger partial charge in [0.05, 0.1) is 23.1 Å². The molecule has 4 nitrogen and oxygen atoms in total. The largest absolute Gasteiger partial charge is 0.416 e. The number of alkyl halides is 3. The lowest BCUT2D eigenvalue weighted by atomic mass is 9.98. The first kappa shape index (κ1) is 22.7. The fourth-order valence-corrected chi connectivity index (χ4v) is 3.49. The summed E-state index contributed by atoms with van der Waals surface area (Å²) >= 11 is 0. The number of Topliss-reactive ketones (excluding diaryl/α,β-unsaturated/α-hetero) is 1. The Morgan fingerprint density at radius 3 is 2.42 bits per heavy atom. The van der Waals surface area contributed by atoms with E-state index >= 15 is 0 Å². The highest BCUT2D eigenvalue weighted by molar-refractivity contribution is 5.83. The van der Waals surface area contributed by atoms with Crippen LogP contribution in [0, 0.1) is 0 Å². The Kier molecular flexibility index (Phi) is 7.60. The average molecular weight is 429 g/mol. The number of hydrogen-bond acceptors (Lipinski definition) is 3. The normalized spacial score (nSPS) is 11.6. The Labute approximate surface area is 180 Å². The zero-order valence-electron chi connectivity index (χ0n) is 17.5. The van der Waals surface area contributed by atoms with Crippen molar-refractivity contribution in [2.75, 3.05) is 0 Å². The molecule has 0 unspecified atom stereocenters. The SMILES string of the molecule is CCCCCCc1cn(-c2ccc(CC(=O)Cc3ccccc3C(F)(F)F)cc2)nn1. The smallest absolute Gasteiger partial charge is 0.299 e. The van der Waals surface area contributed by atoms with Gasteiger partial charge in [0.15, 0.2) is 0 Å². The molecule has 0 atom stereocenters. The minimum Gasteiger partial charge on any atom is -0.299 e. The predicted octanol–water partition coefficient (Wildman–Crippen LogP) is 5.76. The molecule has 0 aliphatic carbocycles.